The van der Waals surface area contributed by atoms with Gasteiger partial charge in [-0.1, -0.05) is 18.2 Å². The van der Waals surface area contributed by atoms with E-state index in [1.54, 1.807) is 6.07 Å². The van der Waals surface area contributed by atoms with E-state index >= 15 is 0 Å². The van der Waals surface area contributed by atoms with Gasteiger partial charge in [-0.2, -0.15) is 0 Å². The molecule has 0 spiro atoms. The van der Waals surface area contributed by atoms with Gasteiger partial charge in [0.05, 0.1) is 0 Å². The molecule has 0 unspecified atom stereocenters. The van der Waals surface area contributed by atoms with Crippen molar-refractivity contribution in [2.45, 2.75) is 6.92 Å². The topological polar surface area (TPSA) is 12.0 Å². The molecule has 1 aromatic carbocycles. The lowest BCUT2D eigenvalue weighted by Gasteiger charge is -2.02. The van der Waals surface area contributed by atoms with Crippen LogP contribution >= 0.6 is 0 Å². The molecular weight excluding hydrogens is 201 g/mol. The molecule has 82 valence electrons. The number of benzene rings is 1. The highest BCUT2D eigenvalue weighted by Gasteiger charge is 2.10. The van der Waals surface area contributed by atoms with Gasteiger partial charge in [0.25, 0.3) is 0 Å². The summed E-state index contributed by atoms with van der Waals surface area (Å²) in [6.45, 7) is 2.03. The third-order valence-electron chi connectivity index (χ3n) is 2.52. The highest BCUT2D eigenvalue weighted by Crippen LogP contribution is 2.30. The molecule has 2 rings (SSSR count). The van der Waals surface area contributed by atoms with Crippen molar-refractivity contribution >= 4 is 11.6 Å². The molecule has 0 bridgehead atoms. The number of fused-ring (bicyclic) bond motifs is 1. The zero-order chi connectivity index (χ0) is 11.5. The summed E-state index contributed by atoms with van der Waals surface area (Å²) in [4.78, 5) is 0. The Labute approximate surface area is 95.0 Å². The van der Waals surface area contributed by atoms with Crippen LogP contribution < -0.4 is 5.32 Å². The van der Waals surface area contributed by atoms with Crippen molar-refractivity contribution in [1.29, 1.82) is 0 Å². The zero-order valence-corrected chi connectivity index (χ0v) is 9.42. The smallest absolute Gasteiger partial charge is 0.123 e. The predicted molar refractivity (Wildman–Crippen MR) is 66.2 cm³/mol. The Morgan fingerprint density at radius 3 is 2.88 bits per heavy atom. The van der Waals surface area contributed by atoms with Gasteiger partial charge in [0.1, 0.15) is 5.82 Å². The van der Waals surface area contributed by atoms with Crippen LogP contribution in [0.2, 0.25) is 0 Å². The Bertz CT molecular complexity index is 495. The van der Waals surface area contributed by atoms with Gasteiger partial charge in [-0.25, -0.2) is 4.39 Å². The van der Waals surface area contributed by atoms with E-state index in [4.69, 9.17) is 0 Å². The van der Waals surface area contributed by atoms with Crippen LogP contribution in [0.3, 0.4) is 0 Å². The van der Waals surface area contributed by atoms with Gasteiger partial charge in [-0.05, 0) is 53.6 Å². The highest BCUT2D eigenvalue weighted by molar-refractivity contribution is 5.90. The van der Waals surface area contributed by atoms with Crippen molar-refractivity contribution in [1.82, 2.24) is 5.32 Å². The summed E-state index contributed by atoms with van der Waals surface area (Å²) in [5, 5.41) is 2.98. The zero-order valence-electron chi connectivity index (χ0n) is 9.42. The number of rotatable bonds is 2. The molecule has 1 aromatic rings. The maximum absolute atomic E-state index is 13.0. The molecule has 2 heteroatoms. The normalized spacial score (nSPS) is 16.7. The fourth-order valence-corrected chi connectivity index (χ4v) is 1.84. The number of hydrogen-bond donors (Lipinski definition) is 1. The molecule has 1 nitrogen and oxygen atoms in total. The number of halogens is 1. The lowest BCUT2D eigenvalue weighted by Crippen LogP contribution is -1.93. The third kappa shape index (κ3) is 2.06. The first-order valence-electron chi connectivity index (χ1n) is 5.24. The largest absolute Gasteiger partial charge is 0.394 e. The summed E-state index contributed by atoms with van der Waals surface area (Å²) in [5.41, 5.74) is 4.30. The van der Waals surface area contributed by atoms with Gasteiger partial charge >= 0.3 is 0 Å². The average Bonchev–Trinajstić information content (AvgIpc) is 2.61. The van der Waals surface area contributed by atoms with Crippen molar-refractivity contribution in [2.75, 3.05) is 7.05 Å². The van der Waals surface area contributed by atoms with Gasteiger partial charge in [-0.15, -0.1) is 0 Å². The van der Waals surface area contributed by atoms with E-state index in [0.717, 1.165) is 22.3 Å². The van der Waals surface area contributed by atoms with Gasteiger partial charge in [-0.3, -0.25) is 0 Å². The first-order chi connectivity index (χ1) is 7.70. The van der Waals surface area contributed by atoms with E-state index < -0.39 is 0 Å². The minimum atomic E-state index is -0.188. The molecular formula is C14H14FN. The molecule has 1 aliphatic rings. The monoisotopic (exact) mass is 215 g/mol. The standard InChI is InChI=1S/C14H14FN/c1-10(9-16-2)7-11-3-4-12-8-13(15)5-6-14(11)12/h3-9,16H,1-2H3/b10-9+,11-7+. The van der Waals surface area contributed by atoms with E-state index in [9.17, 15) is 4.39 Å². The maximum atomic E-state index is 13.0. The van der Waals surface area contributed by atoms with Crippen LogP contribution in [0.1, 0.15) is 18.1 Å². The van der Waals surface area contributed by atoms with Crippen LogP contribution in [0.5, 0.6) is 0 Å². The quantitative estimate of drug-likeness (QED) is 0.797. The molecule has 1 aliphatic carbocycles. The van der Waals surface area contributed by atoms with Crippen molar-refractivity contribution < 1.29 is 4.39 Å². The molecule has 0 aromatic heterocycles. The Kier molecular flexibility index (Phi) is 2.91. The number of allylic oxidation sites excluding steroid dienone is 4. The van der Waals surface area contributed by atoms with Crippen molar-refractivity contribution in [3.8, 4) is 0 Å². The lowest BCUT2D eigenvalue weighted by atomic mass is 10.0. The van der Waals surface area contributed by atoms with Crippen LogP contribution in [0.4, 0.5) is 4.39 Å². The predicted octanol–water partition coefficient (Wildman–Crippen LogP) is 3.36. The molecule has 0 heterocycles. The van der Waals surface area contributed by atoms with Gasteiger partial charge in [0.2, 0.25) is 0 Å². The second-order valence-corrected chi connectivity index (χ2v) is 3.84. The Morgan fingerprint density at radius 1 is 1.31 bits per heavy atom. The molecule has 0 fully saturated rings. The Morgan fingerprint density at radius 2 is 2.12 bits per heavy atom. The molecule has 0 amide bonds. The van der Waals surface area contributed by atoms with Crippen LogP contribution in [-0.4, -0.2) is 7.05 Å². The summed E-state index contributed by atoms with van der Waals surface area (Å²) in [7, 11) is 1.87. The molecule has 16 heavy (non-hydrogen) atoms. The summed E-state index contributed by atoms with van der Waals surface area (Å²) in [6, 6.07) is 4.88. The fraction of sp³-hybridized carbons (Fsp3) is 0.143. The average molecular weight is 215 g/mol. The number of nitrogens with one attached hydrogen (secondary N) is 1. The lowest BCUT2D eigenvalue weighted by molar-refractivity contribution is 0.627. The minimum Gasteiger partial charge on any atom is -0.394 e. The molecule has 0 saturated carbocycles. The van der Waals surface area contributed by atoms with E-state index in [0.29, 0.717) is 0 Å². The second kappa shape index (κ2) is 4.35. The maximum Gasteiger partial charge on any atom is 0.123 e. The molecule has 0 radical (unpaired) electrons. The Balaban J connectivity index is 2.38. The van der Waals surface area contributed by atoms with Crippen molar-refractivity contribution in [2.24, 2.45) is 0 Å². The van der Waals surface area contributed by atoms with E-state index in [2.05, 4.69) is 11.4 Å². The molecule has 0 aliphatic heterocycles. The van der Waals surface area contributed by atoms with Crippen LogP contribution in [-0.2, 0) is 0 Å². The minimum absolute atomic E-state index is 0.188. The molecule has 0 saturated heterocycles. The summed E-state index contributed by atoms with van der Waals surface area (Å²) in [6.07, 6.45) is 7.97. The van der Waals surface area contributed by atoms with E-state index in [1.165, 1.54) is 6.07 Å². The highest BCUT2D eigenvalue weighted by atomic mass is 19.1. The van der Waals surface area contributed by atoms with E-state index in [1.807, 2.05) is 38.4 Å². The summed E-state index contributed by atoms with van der Waals surface area (Å²) in [5.74, 6) is -0.188. The SMILES string of the molecule is CN/C=C(C)/C=C1\C=Cc2cc(F)ccc21. The second-order valence-electron chi connectivity index (χ2n) is 3.84. The summed E-state index contributed by atoms with van der Waals surface area (Å²) >= 11 is 0. The summed E-state index contributed by atoms with van der Waals surface area (Å²) < 4.78 is 13.0. The molecule has 1 N–H and O–H groups in total. The number of hydrogen-bond acceptors (Lipinski definition) is 1. The van der Waals surface area contributed by atoms with Crippen LogP contribution in [0.15, 0.2) is 42.1 Å². The van der Waals surface area contributed by atoms with Crippen molar-refractivity contribution in [3.63, 3.8) is 0 Å². The van der Waals surface area contributed by atoms with E-state index in [-0.39, 0.29) is 5.82 Å². The first-order valence-corrected chi connectivity index (χ1v) is 5.24. The fourth-order valence-electron chi connectivity index (χ4n) is 1.84. The van der Waals surface area contributed by atoms with Crippen molar-refractivity contribution in [3.05, 3.63) is 59.1 Å². The van der Waals surface area contributed by atoms with Gasteiger partial charge < -0.3 is 5.32 Å². The third-order valence-corrected chi connectivity index (χ3v) is 2.52. The Hall–Kier alpha value is -1.83. The van der Waals surface area contributed by atoms with Crippen LogP contribution in [0, 0.1) is 5.82 Å². The van der Waals surface area contributed by atoms with Gasteiger partial charge in [0, 0.05) is 7.05 Å². The van der Waals surface area contributed by atoms with Gasteiger partial charge in [0.15, 0.2) is 0 Å². The molecule has 0 atom stereocenters. The van der Waals surface area contributed by atoms with Crippen LogP contribution in [0.25, 0.3) is 11.6 Å². The first kappa shape index (κ1) is 10.7.